The van der Waals surface area contributed by atoms with Gasteiger partial charge in [-0.2, -0.15) is 55.6 Å². The van der Waals surface area contributed by atoms with Crippen molar-refractivity contribution in [1.29, 1.82) is 0 Å². The fourth-order valence-electron chi connectivity index (χ4n) is 2.81. The maximum atomic E-state index is 4.64. The Morgan fingerprint density at radius 3 is 0.652 bits per heavy atom. The number of rotatable bonds is 0. The molecule has 23 heavy (non-hydrogen) atoms. The maximum absolute atomic E-state index is 4.64. The van der Waals surface area contributed by atoms with Crippen molar-refractivity contribution in [3.05, 3.63) is 55.6 Å². The van der Waals surface area contributed by atoms with Crippen LogP contribution in [0.4, 0.5) is 0 Å². The average molecular weight is 412 g/mol. The largest absolute Gasteiger partial charge is 2.00 e. The van der Waals surface area contributed by atoms with Crippen molar-refractivity contribution < 1.29 is 26.2 Å². The Labute approximate surface area is 168 Å². The zero-order chi connectivity index (χ0) is 17.8. The van der Waals surface area contributed by atoms with Crippen molar-refractivity contribution in [1.82, 2.24) is 0 Å². The van der Waals surface area contributed by atoms with E-state index in [1.54, 1.807) is 0 Å². The van der Waals surface area contributed by atoms with Crippen molar-refractivity contribution in [2.24, 2.45) is 0 Å². The van der Waals surface area contributed by atoms with Crippen molar-refractivity contribution in [2.45, 2.75) is 69.2 Å². The van der Waals surface area contributed by atoms with Crippen molar-refractivity contribution in [3.63, 3.8) is 0 Å². The van der Waals surface area contributed by atoms with Gasteiger partial charge in [0.05, 0.1) is 0 Å². The summed E-state index contributed by atoms with van der Waals surface area (Å²) in [6.07, 6.45) is 1.47. The molecule has 2 heteroatoms. The average Bonchev–Trinajstić information content (AvgIpc) is 2.81. The van der Waals surface area contributed by atoms with E-state index in [9.17, 15) is 0 Å². The van der Waals surface area contributed by atoms with Crippen molar-refractivity contribution in [2.75, 3.05) is 6.38 Å². The van der Waals surface area contributed by atoms with Gasteiger partial charge in [-0.3, -0.25) is 0 Å². The third-order valence-corrected chi connectivity index (χ3v) is 5.62. The van der Waals surface area contributed by atoms with Gasteiger partial charge in [0.25, 0.3) is 0 Å². The number of alkyl halides is 1. The summed E-state index contributed by atoms with van der Waals surface area (Å²) in [6.45, 7) is 22.0. The first-order valence-electron chi connectivity index (χ1n) is 7.88. The molecule has 0 N–H and O–H groups in total. The zero-order valence-electron chi connectivity index (χ0n) is 16.9. The van der Waals surface area contributed by atoms with E-state index in [0.29, 0.717) is 0 Å². The van der Waals surface area contributed by atoms with Crippen LogP contribution >= 0.6 is 11.6 Å². The Morgan fingerprint density at radius 1 is 0.478 bits per heavy atom. The minimum Gasteiger partial charge on any atom is -0.196 e. The van der Waals surface area contributed by atoms with E-state index in [4.69, 9.17) is 0 Å². The van der Waals surface area contributed by atoms with Crippen LogP contribution in [-0.2, 0) is 26.2 Å². The molecular formula is C21H33ClZr. The Balaban J connectivity index is 0. The second-order valence-electron chi connectivity index (χ2n) is 6.25. The van der Waals surface area contributed by atoms with Crippen LogP contribution in [0.15, 0.2) is 0 Å². The van der Waals surface area contributed by atoms with E-state index in [0.717, 1.165) is 0 Å². The molecule has 0 fully saturated rings. The second-order valence-corrected chi connectivity index (χ2v) is 6.25. The predicted molar refractivity (Wildman–Crippen MR) is 103 cm³/mol. The minimum absolute atomic E-state index is 0. The van der Waals surface area contributed by atoms with Gasteiger partial charge in [0.2, 0.25) is 0 Å². The molecule has 0 saturated carbocycles. The molecule has 2 aromatic carbocycles. The maximum Gasteiger partial charge on any atom is 2.00 e. The molecule has 0 nitrogen and oxygen atoms in total. The molecule has 0 unspecified atom stereocenters. The van der Waals surface area contributed by atoms with Crippen molar-refractivity contribution in [3.8, 4) is 0 Å². The Kier molecular flexibility index (Phi) is 11.7. The third-order valence-electron chi connectivity index (χ3n) is 5.62. The first kappa shape index (κ1) is 25.1. The van der Waals surface area contributed by atoms with E-state index in [2.05, 4.69) is 80.8 Å². The Hall–Kier alpha value is -0.127. The number of halogens is 1. The SMILES string of the molecule is CCl.Cc1c(C)c(C)[c-](C)c1C.Cc1c(C)c(C)[c-](C)c1C.[Zr+2]. The molecule has 2 aromatic rings. The van der Waals surface area contributed by atoms with Gasteiger partial charge < -0.3 is 0 Å². The van der Waals surface area contributed by atoms with Crippen LogP contribution in [-0.4, -0.2) is 6.38 Å². The number of hydrogen-bond donors (Lipinski definition) is 0. The van der Waals surface area contributed by atoms with Gasteiger partial charge >= 0.3 is 26.2 Å². The smallest absolute Gasteiger partial charge is 0.196 e. The quantitative estimate of drug-likeness (QED) is 0.332. The van der Waals surface area contributed by atoms with Crippen molar-refractivity contribution >= 4 is 11.6 Å². The molecule has 0 radical (unpaired) electrons. The molecule has 0 saturated heterocycles. The molecule has 0 aromatic heterocycles. The van der Waals surface area contributed by atoms with E-state index in [1.807, 2.05) is 0 Å². The van der Waals surface area contributed by atoms with Gasteiger partial charge in [0.1, 0.15) is 0 Å². The fourth-order valence-corrected chi connectivity index (χ4v) is 2.81. The second kappa shape index (κ2) is 10.7. The molecule has 2 rings (SSSR count). The summed E-state index contributed by atoms with van der Waals surface area (Å²) >= 11 is 4.64. The Bertz CT molecular complexity index is 410. The summed E-state index contributed by atoms with van der Waals surface area (Å²) < 4.78 is 0. The minimum atomic E-state index is 0. The zero-order valence-corrected chi connectivity index (χ0v) is 20.1. The topological polar surface area (TPSA) is 0 Å². The van der Waals surface area contributed by atoms with Gasteiger partial charge in [-0.15, -0.1) is 11.6 Å². The molecular weight excluding hydrogens is 379 g/mol. The van der Waals surface area contributed by atoms with Gasteiger partial charge in [0, 0.05) is 6.38 Å². The number of hydrogen-bond acceptors (Lipinski definition) is 0. The van der Waals surface area contributed by atoms with Gasteiger partial charge in [-0.25, -0.2) is 0 Å². The van der Waals surface area contributed by atoms with Crippen LogP contribution in [0.25, 0.3) is 0 Å². The Morgan fingerprint density at radius 2 is 0.609 bits per heavy atom. The van der Waals surface area contributed by atoms with E-state index < -0.39 is 0 Å². The fraction of sp³-hybridized carbons (Fsp3) is 0.524. The van der Waals surface area contributed by atoms with Crippen LogP contribution < -0.4 is 0 Å². The van der Waals surface area contributed by atoms with Crippen LogP contribution in [0.5, 0.6) is 0 Å². The van der Waals surface area contributed by atoms with Gasteiger partial charge in [-0.05, 0) is 0 Å². The van der Waals surface area contributed by atoms with Gasteiger partial charge in [-0.1, -0.05) is 69.2 Å². The predicted octanol–water partition coefficient (Wildman–Crippen LogP) is 6.75. The van der Waals surface area contributed by atoms with Crippen LogP contribution in [0.3, 0.4) is 0 Å². The van der Waals surface area contributed by atoms with Crippen LogP contribution in [0.1, 0.15) is 55.6 Å². The monoisotopic (exact) mass is 410 g/mol. The molecule has 128 valence electrons. The molecule has 0 atom stereocenters. The summed E-state index contributed by atoms with van der Waals surface area (Å²) in [5.74, 6) is 0. The molecule has 0 amide bonds. The first-order chi connectivity index (χ1) is 10.1. The standard InChI is InChI=1S/2C10H15.CH3Cl.Zr/c2*1-6-7(2)9(4)10(5)8(6)3;1-2;/h2*1-5H3;1H3;/q2*-1;;+2. The summed E-state index contributed by atoms with van der Waals surface area (Å²) in [5.41, 5.74) is 14.7. The normalized spacial score (nSPS) is 9.39. The summed E-state index contributed by atoms with van der Waals surface area (Å²) in [4.78, 5) is 0. The van der Waals surface area contributed by atoms with E-state index in [-0.39, 0.29) is 26.2 Å². The van der Waals surface area contributed by atoms with Crippen LogP contribution in [0, 0.1) is 69.2 Å². The van der Waals surface area contributed by atoms with E-state index in [1.165, 1.54) is 62.0 Å². The van der Waals surface area contributed by atoms with E-state index >= 15 is 0 Å². The molecule has 0 spiro atoms. The summed E-state index contributed by atoms with van der Waals surface area (Å²) in [6, 6.07) is 0. The summed E-state index contributed by atoms with van der Waals surface area (Å²) in [7, 11) is 0. The molecule has 0 aliphatic heterocycles. The molecule has 0 aliphatic carbocycles. The first-order valence-corrected chi connectivity index (χ1v) is 8.63. The third kappa shape index (κ3) is 5.43. The molecule has 0 bridgehead atoms. The van der Waals surface area contributed by atoms with Gasteiger partial charge in [0.15, 0.2) is 0 Å². The summed E-state index contributed by atoms with van der Waals surface area (Å²) in [5, 5.41) is 0. The molecule has 0 aliphatic rings. The van der Waals surface area contributed by atoms with Crippen LogP contribution in [0.2, 0.25) is 0 Å². The molecule has 0 heterocycles.